The van der Waals surface area contributed by atoms with E-state index in [1.54, 1.807) is 0 Å². The van der Waals surface area contributed by atoms with Gasteiger partial charge in [-0.15, -0.1) is 0 Å². The van der Waals surface area contributed by atoms with E-state index in [1.807, 2.05) is 83.8 Å². The van der Waals surface area contributed by atoms with Crippen LogP contribution in [0.1, 0.15) is 62.3 Å². The van der Waals surface area contributed by atoms with E-state index in [4.69, 9.17) is 10.5 Å². The van der Waals surface area contributed by atoms with E-state index in [1.165, 1.54) is 0 Å². The molecule has 3 aromatic carbocycles. The maximum Gasteiger partial charge on any atom is 0.336 e. The Bertz CT molecular complexity index is 1560. The molecule has 0 unspecified atom stereocenters. The van der Waals surface area contributed by atoms with Crippen LogP contribution >= 0.6 is 0 Å². The van der Waals surface area contributed by atoms with Gasteiger partial charge in [0.25, 0.3) is 0 Å². The van der Waals surface area contributed by atoms with E-state index in [-0.39, 0.29) is 0 Å². The number of carboxylic acids is 1. The Hall–Kier alpha value is -4.26. The van der Waals surface area contributed by atoms with Crippen molar-refractivity contribution in [2.45, 2.75) is 70.1 Å². The van der Waals surface area contributed by atoms with Crippen LogP contribution < -0.4 is 15.4 Å². The number of amides is 1. The first-order valence-electron chi connectivity index (χ1n) is 14.6. The monoisotopic (exact) mass is 551 g/mol. The molecule has 1 aliphatic carbocycles. The average molecular weight is 552 g/mol. The first-order chi connectivity index (χ1) is 19.9. The quantitative estimate of drug-likeness (QED) is 0.238. The van der Waals surface area contributed by atoms with Gasteiger partial charge in [0.1, 0.15) is 18.4 Å². The van der Waals surface area contributed by atoms with Crippen molar-refractivity contribution in [2.75, 3.05) is 4.90 Å². The lowest BCUT2D eigenvalue weighted by Crippen LogP contribution is -2.70. The number of anilines is 1. The minimum absolute atomic E-state index is 0.329. The fourth-order valence-electron chi connectivity index (χ4n) is 7.56. The number of carbonyl (C=O) groups excluding carboxylic acids is 1. The zero-order chi connectivity index (χ0) is 28.6. The number of carboxylic acid groups (broad SMARTS) is 1. The zero-order valence-electron chi connectivity index (χ0n) is 23.4. The van der Waals surface area contributed by atoms with Gasteiger partial charge in [-0.05, 0) is 60.7 Å². The van der Waals surface area contributed by atoms with Gasteiger partial charge in [0, 0.05) is 28.4 Å². The lowest BCUT2D eigenvalue weighted by atomic mass is 9.56. The number of para-hydroxylation sites is 1. The Balaban J connectivity index is 1.54. The lowest BCUT2D eigenvalue weighted by molar-refractivity contribution is -0.154. The molecule has 2 heterocycles. The summed E-state index contributed by atoms with van der Waals surface area (Å²) >= 11 is 0. The number of nitrogens with one attached hydrogen (secondary N) is 1. The minimum atomic E-state index is -1.51. The van der Waals surface area contributed by atoms with Gasteiger partial charge in [0.15, 0.2) is 5.54 Å². The third-order valence-electron chi connectivity index (χ3n) is 9.50. The summed E-state index contributed by atoms with van der Waals surface area (Å²) in [5, 5.41) is 12.4. The molecule has 1 aromatic heterocycles. The molecule has 1 saturated carbocycles. The van der Waals surface area contributed by atoms with Crippen molar-refractivity contribution in [1.29, 1.82) is 0 Å². The highest BCUT2D eigenvalue weighted by Crippen LogP contribution is 2.59. The van der Waals surface area contributed by atoms with E-state index in [9.17, 15) is 14.7 Å². The van der Waals surface area contributed by atoms with Crippen molar-refractivity contribution >= 4 is 28.5 Å². The van der Waals surface area contributed by atoms with Gasteiger partial charge >= 0.3 is 5.97 Å². The molecule has 7 nitrogen and oxygen atoms in total. The Morgan fingerprint density at radius 3 is 2.32 bits per heavy atom. The average Bonchev–Trinajstić information content (AvgIpc) is 3.38. The van der Waals surface area contributed by atoms with Crippen LogP contribution in [0, 0.1) is 5.41 Å². The van der Waals surface area contributed by atoms with Crippen LogP contribution in [0.5, 0.6) is 5.75 Å². The van der Waals surface area contributed by atoms with Crippen molar-refractivity contribution in [3.8, 4) is 5.75 Å². The number of aromatic nitrogens is 1. The Kier molecular flexibility index (Phi) is 6.98. The number of H-pyrrole nitrogens is 1. The second-order valence-electron chi connectivity index (χ2n) is 11.5. The summed E-state index contributed by atoms with van der Waals surface area (Å²) in [6, 6.07) is 24.4. The number of benzene rings is 3. The molecule has 6 rings (SSSR count). The van der Waals surface area contributed by atoms with Gasteiger partial charge in [0.05, 0.1) is 5.69 Å². The number of ether oxygens (including phenoxy) is 1. The molecule has 2 atom stereocenters. The second kappa shape index (κ2) is 10.6. The highest BCUT2D eigenvalue weighted by atomic mass is 16.5. The van der Waals surface area contributed by atoms with E-state index >= 15 is 0 Å². The predicted molar refractivity (Wildman–Crippen MR) is 160 cm³/mol. The summed E-state index contributed by atoms with van der Waals surface area (Å²) in [6.07, 6.45) is 5.46. The maximum atomic E-state index is 14.0. The largest absolute Gasteiger partial charge is 0.489 e. The Morgan fingerprint density at radius 1 is 0.976 bits per heavy atom. The SMILES string of the molecule is CCC1([C@]2(C(=O)O)c3[nH]c4ccccc4c3C[C@H](C(N)=O)N2c2ccc(OCc3ccccc3)cc2)CCCCC1. The molecule has 7 heteroatoms. The molecular formula is C34H37N3O4. The molecule has 41 heavy (non-hydrogen) atoms. The summed E-state index contributed by atoms with van der Waals surface area (Å²) in [5.41, 5.74) is 8.14. The number of fused-ring (bicyclic) bond motifs is 3. The number of hydrogen-bond donors (Lipinski definition) is 3. The summed E-state index contributed by atoms with van der Waals surface area (Å²) in [7, 11) is 0. The van der Waals surface area contributed by atoms with Crippen LogP contribution in [0.25, 0.3) is 10.9 Å². The molecule has 2 aliphatic rings. The molecule has 4 aromatic rings. The minimum Gasteiger partial charge on any atom is -0.489 e. The topological polar surface area (TPSA) is 109 Å². The third kappa shape index (κ3) is 4.26. The van der Waals surface area contributed by atoms with Crippen molar-refractivity contribution in [1.82, 2.24) is 4.98 Å². The Labute approximate surface area is 240 Å². The molecule has 0 spiro atoms. The number of aromatic amines is 1. The molecule has 212 valence electrons. The number of primary amides is 1. The summed E-state index contributed by atoms with van der Waals surface area (Å²) in [6.45, 7) is 2.51. The number of rotatable bonds is 8. The zero-order valence-corrected chi connectivity index (χ0v) is 23.4. The molecule has 4 N–H and O–H groups in total. The highest BCUT2D eigenvalue weighted by molar-refractivity contribution is 5.98. The third-order valence-corrected chi connectivity index (χ3v) is 9.50. The summed E-state index contributed by atoms with van der Waals surface area (Å²) in [5.74, 6) is -0.817. The van der Waals surface area contributed by atoms with Crippen LogP contribution in [-0.2, 0) is 28.2 Å². The van der Waals surface area contributed by atoms with Crippen LogP contribution in [0.2, 0.25) is 0 Å². The van der Waals surface area contributed by atoms with Gasteiger partial charge in [0.2, 0.25) is 5.91 Å². The van der Waals surface area contributed by atoms with E-state index in [0.29, 0.717) is 36.6 Å². The highest BCUT2D eigenvalue weighted by Gasteiger charge is 2.66. The Morgan fingerprint density at radius 2 is 1.66 bits per heavy atom. The van der Waals surface area contributed by atoms with Gasteiger partial charge < -0.3 is 25.5 Å². The maximum absolute atomic E-state index is 14.0. The van der Waals surface area contributed by atoms with Gasteiger partial charge in [-0.2, -0.15) is 0 Å². The lowest BCUT2D eigenvalue weighted by Gasteiger charge is -2.59. The number of carbonyl (C=O) groups is 2. The molecule has 1 fully saturated rings. The van der Waals surface area contributed by atoms with E-state index < -0.39 is 28.9 Å². The first-order valence-corrected chi connectivity index (χ1v) is 14.6. The molecular weight excluding hydrogens is 514 g/mol. The second-order valence-corrected chi connectivity index (χ2v) is 11.5. The van der Waals surface area contributed by atoms with Crippen molar-refractivity contribution in [3.05, 3.63) is 95.7 Å². The molecule has 1 aliphatic heterocycles. The van der Waals surface area contributed by atoms with Gasteiger partial charge in [-0.25, -0.2) is 4.79 Å². The first kappa shape index (κ1) is 26.9. The number of hydrogen-bond acceptors (Lipinski definition) is 4. The van der Waals surface area contributed by atoms with Crippen molar-refractivity contribution < 1.29 is 19.4 Å². The predicted octanol–water partition coefficient (Wildman–Crippen LogP) is 6.30. The van der Waals surface area contributed by atoms with E-state index in [0.717, 1.165) is 54.1 Å². The molecule has 0 bridgehead atoms. The fraction of sp³-hybridized carbons (Fsp3) is 0.353. The number of aliphatic carboxylic acids is 1. The smallest absolute Gasteiger partial charge is 0.336 e. The summed E-state index contributed by atoms with van der Waals surface area (Å²) in [4.78, 5) is 32.7. The molecule has 1 amide bonds. The number of nitrogens with zero attached hydrogens (tertiary/aromatic N) is 1. The van der Waals surface area contributed by atoms with Crippen LogP contribution in [-0.4, -0.2) is 28.0 Å². The molecule has 0 saturated heterocycles. The van der Waals surface area contributed by atoms with Gasteiger partial charge in [-0.1, -0.05) is 74.7 Å². The normalized spacial score (nSPS) is 21.8. The van der Waals surface area contributed by atoms with Gasteiger partial charge in [-0.3, -0.25) is 4.79 Å². The van der Waals surface area contributed by atoms with Crippen LogP contribution in [0.4, 0.5) is 5.69 Å². The summed E-state index contributed by atoms with van der Waals surface area (Å²) < 4.78 is 6.03. The van der Waals surface area contributed by atoms with Crippen LogP contribution in [0.3, 0.4) is 0 Å². The molecule has 0 radical (unpaired) electrons. The number of nitrogens with two attached hydrogens (primary N) is 1. The van der Waals surface area contributed by atoms with E-state index in [2.05, 4.69) is 11.9 Å². The van der Waals surface area contributed by atoms with Crippen LogP contribution in [0.15, 0.2) is 78.9 Å². The van der Waals surface area contributed by atoms with Crippen molar-refractivity contribution in [3.63, 3.8) is 0 Å². The standard InChI is InChI=1S/C34H37N3O4/c1-2-33(19-9-4-10-20-33)34(32(39)40)30-27(26-13-7-8-14-28(26)36-30)21-29(31(35)38)37(34)24-15-17-25(18-16-24)41-22-23-11-5-3-6-12-23/h3,5-8,11-18,29,36H,2,4,9-10,19-22H2,1H3,(H2,35,38)(H,39,40)/t29-,34-/m1/s1. The fourth-order valence-corrected chi connectivity index (χ4v) is 7.56. The van der Waals surface area contributed by atoms with Crippen molar-refractivity contribution in [2.24, 2.45) is 11.1 Å².